The first kappa shape index (κ1) is 10.2. The van der Waals surface area contributed by atoms with E-state index in [1.165, 1.54) is 31.4 Å². The van der Waals surface area contributed by atoms with E-state index < -0.39 is 0 Å². The zero-order valence-corrected chi connectivity index (χ0v) is 9.86. The van der Waals surface area contributed by atoms with Crippen molar-refractivity contribution in [3.8, 4) is 0 Å². The lowest BCUT2D eigenvalue weighted by Crippen LogP contribution is -2.40. The van der Waals surface area contributed by atoms with Gasteiger partial charge in [0, 0.05) is 10.9 Å². The van der Waals surface area contributed by atoms with Crippen LogP contribution in [0.2, 0.25) is 0 Å². The highest BCUT2D eigenvalue weighted by Crippen LogP contribution is 2.40. The molecule has 1 aliphatic carbocycles. The van der Waals surface area contributed by atoms with E-state index in [9.17, 15) is 0 Å². The maximum atomic E-state index is 3.58. The first-order chi connectivity index (χ1) is 6.81. The Balaban J connectivity index is 1.80. The molecule has 2 rings (SSSR count). The van der Waals surface area contributed by atoms with Crippen molar-refractivity contribution in [2.75, 3.05) is 6.54 Å². The molecule has 0 aromatic carbocycles. The lowest BCUT2D eigenvalue weighted by atomic mass is 9.78. The van der Waals surface area contributed by atoms with Crippen LogP contribution in [0.15, 0.2) is 11.4 Å². The minimum atomic E-state index is 0.793. The molecule has 14 heavy (non-hydrogen) atoms. The minimum Gasteiger partial charge on any atom is -0.314 e. The number of aryl methyl sites for hydroxylation is 1. The summed E-state index contributed by atoms with van der Waals surface area (Å²) in [5.74, 6) is 0.851. The predicted octanol–water partition coefficient (Wildman–Crippen LogP) is 3.30. The summed E-state index contributed by atoms with van der Waals surface area (Å²) in [5, 5.41) is 5.80. The summed E-state index contributed by atoms with van der Waals surface area (Å²) in [7, 11) is 0. The fourth-order valence-corrected chi connectivity index (χ4v) is 3.21. The second-order valence-electron chi connectivity index (χ2n) is 4.29. The second-order valence-corrected chi connectivity index (χ2v) is 5.23. The number of thiophene rings is 1. The molecule has 0 aliphatic heterocycles. The van der Waals surface area contributed by atoms with E-state index in [1.807, 2.05) is 11.3 Å². The van der Waals surface area contributed by atoms with E-state index in [-0.39, 0.29) is 0 Å². The van der Waals surface area contributed by atoms with Crippen molar-refractivity contribution < 1.29 is 0 Å². The quantitative estimate of drug-likeness (QED) is 0.802. The van der Waals surface area contributed by atoms with E-state index in [1.54, 1.807) is 4.88 Å². The van der Waals surface area contributed by atoms with Gasteiger partial charge >= 0.3 is 0 Å². The van der Waals surface area contributed by atoms with Crippen LogP contribution in [0, 0.1) is 6.92 Å². The number of rotatable bonds is 4. The second kappa shape index (κ2) is 4.45. The largest absolute Gasteiger partial charge is 0.314 e. The number of nitrogens with one attached hydrogen (secondary N) is 1. The highest BCUT2D eigenvalue weighted by Gasteiger charge is 2.31. The Morgan fingerprint density at radius 2 is 2.29 bits per heavy atom. The average Bonchev–Trinajstić information content (AvgIpc) is 2.50. The molecule has 0 saturated heterocycles. The Bertz CT molecular complexity index is 286. The summed E-state index contributed by atoms with van der Waals surface area (Å²) in [6.07, 6.45) is 3.95. The predicted molar refractivity (Wildman–Crippen MR) is 63.1 cm³/mol. The van der Waals surface area contributed by atoms with Crippen molar-refractivity contribution in [3.63, 3.8) is 0 Å². The van der Waals surface area contributed by atoms with E-state index in [2.05, 4.69) is 30.6 Å². The third-order valence-electron chi connectivity index (χ3n) is 3.09. The molecule has 1 aromatic rings. The molecule has 0 atom stereocenters. The molecule has 1 saturated carbocycles. The zero-order valence-electron chi connectivity index (χ0n) is 9.05. The SMILES string of the molecule is CCCNC1CC(c2sccc2C)C1. The van der Waals surface area contributed by atoms with Gasteiger partial charge in [0.15, 0.2) is 0 Å². The van der Waals surface area contributed by atoms with Crippen LogP contribution in [-0.2, 0) is 0 Å². The Labute approximate surface area is 90.5 Å². The van der Waals surface area contributed by atoms with Crippen molar-refractivity contribution in [2.45, 2.75) is 45.1 Å². The zero-order chi connectivity index (χ0) is 9.97. The maximum absolute atomic E-state index is 3.58. The highest BCUT2D eigenvalue weighted by molar-refractivity contribution is 7.10. The summed E-state index contributed by atoms with van der Waals surface area (Å²) < 4.78 is 0. The molecule has 0 radical (unpaired) electrons. The molecule has 1 aliphatic rings. The Kier molecular flexibility index (Phi) is 3.24. The Morgan fingerprint density at radius 3 is 2.86 bits per heavy atom. The fraction of sp³-hybridized carbons (Fsp3) is 0.667. The van der Waals surface area contributed by atoms with Gasteiger partial charge in [0.25, 0.3) is 0 Å². The minimum absolute atomic E-state index is 0.793. The normalized spacial score (nSPS) is 26.1. The standard InChI is InChI=1S/C12H19NS/c1-3-5-13-11-7-10(8-11)12-9(2)4-6-14-12/h4,6,10-11,13H,3,5,7-8H2,1-2H3. The van der Waals surface area contributed by atoms with Gasteiger partial charge in [0.05, 0.1) is 0 Å². The van der Waals surface area contributed by atoms with Crippen LogP contribution in [0.3, 0.4) is 0 Å². The molecule has 0 amide bonds. The van der Waals surface area contributed by atoms with Gasteiger partial charge in [0.1, 0.15) is 0 Å². The summed E-state index contributed by atoms with van der Waals surface area (Å²) in [6.45, 7) is 5.64. The summed E-state index contributed by atoms with van der Waals surface area (Å²) in [5.41, 5.74) is 1.49. The van der Waals surface area contributed by atoms with E-state index in [0.717, 1.165) is 12.0 Å². The van der Waals surface area contributed by atoms with Crippen LogP contribution in [-0.4, -0.2) is 12.6 Å². The first-order valence-electron chi connectivity index (χ1n) is 5.58. The summed E-state index contributed by atoms with van der Waals surface area (Å²) >= 11 is 1.93. The molecule has 0 bridgehead atoms. The average molecular weight is 209 g/mol. The third kappa shape index (κ3) is 2.01. The van der Waals surface area contributed by atoms with Gasteiger partial charge in [0.2, 0.25) is 0 Å². The molecular weight excluding hydrogens is 190 g/mol. The molecule has 2 heteroatoms. The summed E-state index contributed by atoms with van der Waals surface area (Å²) in [6, 6.07) is 3.04. The molecule has 0 spiro atoms. The first-order valence-corrected chi connectivity index (χ1v) is 6.46. The van der Waals surface area contributed by atoms with Crippen LogP contribution in [0.25, 0.3) is 0 Å². The molecular formula is C12H19NS. The monoisotopic (exact) mass is 209 g/mol. The number of hydrogen-bond acceptors (Lipinski definition) is 2. The lowest BCUT2D eigenvalue weighted by molar-refractivity contribution is 0.294. The van der Waals surface area contributed by atoms with Crippen molar-refractivity contribution in [1.82, 2.24) is 5.32 Å². The van der Waals surface area contributed by atoms with Gasteiger partial charge in [-0.25, -0.2) is 0 Å². The van der Waals surface area contributed by atoms with Gasteiger partial charge < -0.3 is 5.32 Å². The molecule has 0 unspecified atom stereocenters. The van der Waals surface area contributed by atoms with E-state index in [0.29, 0.717) is 0 Å². The van der Waals surface area contributed by atoms with Crippen molar-refractivity contribution in [2.24, 2.45) is 0 Å². The third-order valence-corrected chi connectivity index (χ3v) is 4.27. The van der Waals surface area contributed by atoms with Crippen LogP contribution in [0.1, 0.15) is 42.5 Å². The van der Waals surface area contributed by atoms with Crippen LogP contribution >= 0.6 is 11.3 Å². The maximum Gasteiger partial charge on any atom is 0.0106 e. The highest BCUT2D eigenvalue weighted by atomic mass is 32.1. The Hall–Kier alpha value is -0.340. The number of hydrogen-bond donors (Lipinski definition) is 1. The van der Waals surface area contributed by atoms with Gasteiger partial charge in [-0.3, -0.25) is 0 Å². The smallest absolute Gasteiger partial charge is 0.0106 e. The van der Waals surface area contributed by atoms with E-state index in [4.69, 9.17) is 0 Å². The van der Waals surface area contributed by atoms with E-state index >= 15 is 0 Å². The summed E-state index contributed by atoms with van der Waals surface area (Å²) in [4.78, 5) is 1.62. The topological polar surface area (TPSA) is 12.0 Å². The fourth-order valence-electron chi connectivity index (χ4n) is 2.15. The van der Waals surface area contributed by atoms with Gasteiger partial charge in [-0.05, 0) is 55.7 Å². The van der Waals surface area contributed by atoms with Crippen LogP contribution < -0.4 is 5.32 Å². The molecule has 1 N–H and O–H groups in total. The van der Waals surface area contributed by atoms with Gasteiger partial charge in [-0.1, -0.05) is 6.92 Å². The lowest BCUT2D eigenvalue weighted by Gasteiger charge is -2.36. The molecule has 1 aromatic heterocycles. The molecule has 1 fully saturated rings. The molecule has 1 heterocycles. The van der Waals surface area contributed by atoms with Gasteiger partial charge in [-0.2, -0.15) is 0 Å². The Morgan fingerprint density at radius 1 is 1.50 bits per heavy atom. The van der Waals surface area contributed by atoms with Crippen molar-refractivity contribution >= 4 is 11.3 Å². The molecule has 1 nitrogen and oxygen atoms in total. The van der Waals surface area contributed by atoms with Crippen LogP contribution in [0.4, 0.5) is 0 Å². The van der Waals surface area contributed by atoms with Crippen molar-refractivity contribution in [1.29, 1.82) is 0 Å². The van der Waals surface area contributed by atoms with Crippen LogP contribution in [0.5, 0.6) is 0 Å². The van der Waals surface area contributed by atoms with Crippen molar-refractivity contribution in [3.05, 3.63) is 21.9 Å². The molecule has 78 valence electrons. The van der Waals surface area contributed by atoms with Gasteiger partial charge in [-0.15, -0.1) is 11.3 Å².